The summed E-state index contributed by atoms with van der Waals surface area (Å²) in [5.41, 5.74) is 0.244. The molecule has 2 aliphatic heterocycles. The molecular formula is C37H44O21. The molecule has 3 rings (SSSR count). The number of benzene rings is 1. The number of esters is 9. The van der Waals surface area contributed by atoms with E-state index < -0.39 is 122 Å². The van der Waals surface area contributed by atoms with Gasteiger partial charge in [0.05, 0.1) is 6.10 Å². The molecule has 0 amide bonds. The molecule has 0 N–H and O–H groups in total. The van der Waals surface area contributed by atoms with Crippen LogP contribution < -0.4 is 9.47 Å². The van der Waals surface area contributed by atoms with Crippen molar-refractivity contribution in [3.63, 3.8) is 0 Å². The van der Waals surface area contributed by atoms with Gasteiger partial charge in [-0.1, -0.05) is 6.07 Å². The fourth-order valence-corrected chi connectivity index (χ4v) is 5.76. The van der Waals surface area contributed by atoms with Gasteiger partial charge < -0.3 is 56.8 Å². The van der Waals surface area contributed by atoms with E-state index >= 15 is 0 Å². The summed E-state index contributed by atoms with van der Waals surface area (Å²) in [7, 11) is 0. The molecule has 1 aromatic carbocycles. The van der Waals surface area contributed by atoms with Crippen LogP contribution in [0, 0.1) is 0 Å². The summed E-state index contributed by atoms with van der Waals surface area (Å²) in [6, 6.07) is 3.99. The lowest BCUT2D eigenvalue weighted by Crippen LogP contribution is -2.66. The molecule has 10 atom stereocenters. The molecule has 21 heteroatoms. The highest BCUT2D eigenvalue weighted by atomic mass is 16.8. The second-order valence-corrected chi connectivity index (χ2v) is 12.7. The van der Waals surface area contributed by atoms with Crippen molar-refractivity contribution in [1.82, 2.24) is 0 Å². The van der Waals surface area contributed by atoms with Gasteiger partial charge in [-0.2, -0.15) is 0 Å². The lowest BCUT2D eigenvalue weighted by Gasteiger charge is -2.48. The van der Waals surface area contributed by atoms with Crippen molar-refractivity contribution >= 4 is 59.8 Å². The third-order valence-corrected chi connectivity index (χ3v) is 7.69. The van der Waals surface area contributed by atoms with Crippen LogP contribution in [0.5, 0.6) is 11.5 Å². The van der Waals surface area contributed by atoms with E-state index in [4.69, 9.17) is 56.8 Å². The van der Waals surface area contributed by atoms with Gasteiger partial charge in [-0.3, -0.25) is 38.4 Å². The molecule has 2 aliphatic rings. The minimum Gasteiger partial charge on any atom is -0.463 e. The molecule has 0 unspecified atom stereocenters. The van der Waals surface area contributed by atoms with Crippen LogP contribution in [-0.2, 0) is 90.5 Å². The smallest absolute Gasteiger partial charge is 0.331 e. The third kappa shape index (κ3) is 13.9. The summed E-state index contributed by atoms with van der Waals surface area (Å²) in [5, 5.41) is 0. The largest absolute Gasteiger partial charge is 0.463 e. The van der Waals surface area contributed by atoms with E-state index in [0.29, 0.717) is 0 Å². The maximum Gasteiger partial charge on any atom is 0.331 e. The molecule has 0 bridgehead atoms. The molecule has 0 saturated carbocycles. The zero-order valence-corrected chi connectivity index (χ0v) is 32.9. The Kier molecular flexibility index (Phi) is 16.8. The molecule has 2 saturated heterocycles. The summed E-state index contributed by atoms with van der Waals surface area (Å²) in [6.07, 6.45) is -14.1. The first kappa shape index (κ1) is 46.5. The van der Waals surface area contributed by atoms with Gasteiger partial charge in [-0.05, 0) is 30.7 Å². The van der Waals surface area contributed by atoms with Crippen molar-refractivity contribution in [2.45, 2.75) is 124 Å². The zero-order valence-electron chi connectivity index (χ0n) is 32.9. The van der Waals surface area contributed by atoms with E-state index in [1.165, 1.54) is 31.2 Å². The fourth-order valence-electron chi connectivity index (χ4n) is 5.76. The molecule has 2 fully saturated rings. The molecule has 0 aromatic heterocycles. The van der Waals surface area contributed by atoms with E-state index in [1.807, 2.05) is 0 Å². The maximum atomic E-state index is 13.6. The van der Waals surface area contributed by atoms with Crippen LogP contribution >= 0.6 is 0 Å². The van der Waals surface area contributed by atoms with E-state index in [2.05, 4.69) is 0 Å². The molecule has 318 valence electrons. The van der Waals surface area contributed by atoms with Crippen molar-refractivity contribution < 1.29 is 100.0 Å². The predicted octanol–water partition coefficient (Wildman–Crippen LogP) is 1.17. The quantitative estimate of drug-likeness (QED) is 0.110. The van der Waals surface area contributed by atoms with Crippen molar-refractivity contribution in [3.05, 3.63) is 29.8 Å². The third-order valence-electron chi connectivity index (χ3n) is 7.69. The number of rotatable bonds is 14. The highest BCUT2D eigenvalue weighted by molar-refractivity contribution is 5.87. The number of hydrogen-bond acceptors (Lipinski definition) is 21. The Labute approximate surface area is 331 Å². The average molecular weight is 825 g/mol. The molecule has 21 nitrogen and oxygen atoms in total. The van der Waals surface area contributed by atoms with Crippen molar-refractivity contribution in [1.29, 1.82) is 0 Å². The Bertz CT molecular complexity index is 1770. The molecule has 0 aliphatic carbocycles. The molecule has 0 radical (unpaired) electrons. The summed E-state index contributed by atoms with van der Waals surface area (Å²) < 4.78 is 66.4. The number of carbonyl (C=O) groups is 9. The van der Waals surface area contributed by atoms with Crippen LogP contribution in [0.1, 0.15) is 67.9 Å². The SMILES string of the molecule is CC(=O)OC[C@H]1O[C@@H](OC(C)=O)[C@H](OC(C)=O)[C@@H](O[C@@H]2O[C@@H](C)[C@H](OC(C)=O)[C@@H](OC(C)=O)[C@H]2OC(C)=O)[C@@H]1OC(=O)/C=C/c1ccc(OC(C)=O)c(OC(C)=O)c1. The normalized spacial score (nSPS) is 26.6. The predicted molar refractivity (Wildman–Crippen MR) is 186 cm³/mol. The van der Waals surface area contributed by atoms with Crippen LogP contribution in [0.4, 0.5) is 0 Å². The molecule has 58 heavy (non-hydrogen) atoms. The summed E-state index contributed by atoms with van der Waals surface area (Å²) in [6.45, 7) is 9.21. The van der Waals surface area contributed by atoms with Crippen LogP contribution in [0.2, 0.25) is 0 Å². The van der Waals surface area contributed by atoms with E-state index in [1.54, 1.807) is 0 Å². The second-order valence-electron chi connectivity index (χ2n) is 12.7. The van der Waals surface area contributed by atoms with Gasteiger partial charge >= 0.3 is 53.7 Å². The van der Waals surface area contributed by atoms with Crippen molar-refractivity contribution in [2.24, 2.45) is 0 Å². The van der Waals surface area contributed by atoms with Crippen LogP contribution in [-0.4, -0.2) is 122 Å². The summed E-state index contributed by atoms with van der Waals surface area (Å²) in [4.78, 5) is 110. The Morgan fingerprint density at radius 3 is 1.59 bits per heavy atom. The first-order valence-corrected chi connectivity index (χ1v) is 17.5. The van der Waals surface area contributed by atoms with Crippen LogP contribution in [0.25, 0.3) is 6.08 Å². The van der Waals surface area contributed by atoms with Gasteiger partial charge in [0, 0.05) is 61.5 Å². The first-order chi connectivity index (χ1) is 27.1. The Morgan fingerprint density at radius 2 is 1.05 bits per heavy atom. The van der Waals surface area contributed by atoms with Crippen LogP contribution in [0.3, 0.4) is 0 Å². The van der Waals surface area contributed by atoms with Crippen molar-refractivity contribution in [2.75, 3.05) is 6.61 Å². The summed E-state index contributed by atoms with van der Waals surface area (Å²) in [5.74, 6) is -8.13. The summed E-state index contributed by atoms with van der Waals surface area (Å²) >= 11 is 0. The van der Waals surface area contributed by atoms with E-state index in [-0.39, 0.29) is 17.1 Å². The Hall–Kier alpha value is -5.93. The highest BCUT2D eigenvalue weighted by Crippen LogP contribution is 2.36. The van der Waals surface area contributed by atoms with Gasteiger partial charge in [0.1, 0.15) is 18.8 Å². The fraction of sp³-hybridized carbons (Fsp3) is 0.541. The zero-order chi connectivity index (χ0) is 43.4. The Morgan fingerprint density at radius 1 is 0.534 bits per heavy atom. The first-order valence-electron chi connectivity index (χ1n) is 17.5. The lowest BCUT2D eigenvalue weighted by molar-refractivity contribution is -0.355. The van der Waals surface area contributed by atoms with Gasteiger partial charge in [-0.25, -0.2) is 4.79 Å². The van der Waals surface area contributed by atoms with Gasteiger partial charge in [0.25, 0.3) is 0 Å². The minimum absolute atomic E-state index is 0.0876. The number of hydrogen-bond donors (Lipinski definition) is 0. The minimum atomic E-state index is -1.81. The molecule has 1 aromatic rings. The highest BCUT2D eigenvalue weighted by Gasteiger charge is 2.57. The van der Waals surface area contributed by atoms with Gasteiger partial charge in [-0.15, -0.1) is 0 Å². The van der Waals surface area contributed by atoms with Gasteiger partial charge in [0.2, 0.25) is 6.29 Å². The van der Waals surface area contributed by atoms with Crippen LogP contribution in [0.15, 0.2) is 24.3 Å². The standard InChI is InChI=1S/C37H44O21/c1-16-30(51-20(5)41)32(52-21(6)42)34(53-22(7)43)36(48-16)58-33-31(28(15-47-17(2)38)56-37(55-24(9)45)35(33)54-23(8)44)57-29(46)13-11-25-10-12-26(49-18(3)39)27(14-25)50-19(4)40/h10-14,16,28,30-37H,15H2,1-9H3/b13-11+/t16-,28+,30-,31+,32+,33-,34+,35+,36-,37+/m0/s1. The van der Waals surface area contributed by atoms with Gasteiger partial charge in [0.15, 0.2) is 48.3 Å². The molecule has 2 heterocycles. The van der Waals surface area contributed by atoms with E-state index in [9.17, 15) is 43.2 Å². The topological polar surface area (TPSA) is 264 Å². The number of ether oxygens (including phenoxy) is 12. The lowest BCUT2D eigenvalue weighted by atomic mass is 9.96. The monoisotopic (exact) mass is 824 g/mol. The number of carbonyl (C=O) groups excluding carboxylic acids is 9. The Balaban J connectivity index is 2.15. The second kappa shape index (κ2) is 21.0. The maximum absolute atomic E-state index is 13.6. The van der Waals surface area contributed by atoms with Crippen molar-refractivity contribution in [3.8, 4) is 11.5 Å². The van der Waals surface area contributed by atoms with E-state index in [0.717, 1.165) is 61.5 Å². The molecular weight excluding hydrogens is 780 g/mol. The molecule has 0 spiro atoms. The average Bonchev–Trinajstić information content (AvgIpc) is 3.08.